The zero-order chi connectivity index (χ0) is 21.8. The fourth-order valence-corrected chi connectivity index (χ4v) is 3.36. The SMILES string of the molecule is CCOc1ccc(N=c2oc3ccccc3cc2C(=O)Nc2ccc(C)cc2C)cc1. The topological polar surface area (TPSA) is 63.8 Å². The predicted molar refractivity (Wildman–Crippen MR) is 123 cm³/mol. The van der Waals surface area contributed by atoms with E-state index in [0.717, 1.165) is 28.0 Å². The van der Waals surface area contributed by atoms with Crippen molar-refractivity contribution in [3.05, 3.63) is 95.0 Å². The fourth-order valence-electron chi connectivity index (χ4n) is 3.36. The van der Waals surface area contributed by atoms with Gasteiger partial charge in [0.15, 0.2) is 0 Å². The second kappa shape index (κ2) is 8.88. The third kappa shape index (κ3) is 4.67. The number of carbonyl (C=O) groups excluding carboxylic acids is 1. The van der Waals surface area contributed by atoms with Gasteiger partial charge in [0.2, 0.25) is 5.55 Å². The van der Waals surface area contributed by atoms with Gasteiger partial charge in [-0.3, -0.25) is 4.79 Å². The average Bonchev–Trinajstić information content (AvgIpc) is 2.76. The van der Waals surface area contributed by atoms with E-state index < -0.39 is 0 Å². The van der Waals surface area contributed by atoms with E-state index in [0.29, 0.717) is 23.4 Å². The lowest BCUT2D eigenvalue weighted by atomic mass is 10.1. The van der Waals surface area contributed by atoms with E-state index in [-0.39, 0.29) is 11.5 Å². The molecule has 5 nitrogen and oxygen atoms in total. The maximum Gasteiger partial charge on any atom is 0.261 e. The number of nitrogens with one attached hydrogen (secondary N) is 1. The van der Waals surface area contributed by atoms with Crippen molar-refractivity contribution in [2.75, 3.05) is 11.9 Å². The molecule has 31 heavy (non-hydrogen) atoms. The number of amides is 1. The van der Waals surface area contributed by atoms with Crippen LogP contribution in [0.2, 0.25) is 0 Å². The van der Waals surface area contributed by atoms with Gasteiger partial charge in [0.1, 0.15) is 16.9 Å². The van der Waals surface area contributed by atoms with E-state index in [1.807, 2.05) is 93.6 Å². The number of anilines is 1. The maximum atomic E-state index is 13.2. The summed E-state index contributed by atoms with van der Waals surface area (Å²) in [6.45, 7) is 6.53. The van der Waals surface area contributed by atoms with Crippen molar-refractivity contribution >= 4 is 28.3 Å². The molecule has 0 saturated heterocycles. The highest BCUT2D eigenvalue weighted by molar-refractivity contribution is 6.05. The Morgan fingerprint density at radius 3 is 2.52 bits per heavy atom. The fraction of sp³-hybridized carbons (Fsp3) is 0.154. The molecule has 1 N–H and O–H groups in total. The van der Waals surface area contributed by atoms with Gasteiger partial charge < -0.3 is 14.5 Å². The molecule has 0 saturated carbocycles. The van der Waals surface area contributed by atoms with E-state index in [9.17, 15) is 4.79 Å². The van der Waals surface area contributed by atoms with Crippen LogP contribution < -0.4 is 15.6 Å². The van der Waals surface area contributed by atoms with Crippen LogP contribution in [0, 0.1) is 13.8 Å². The van der Waals surface area contributed by atoms with Gasteiger partial charge in [-0.1, -0.05) is 35.9 Å². The Bertz CT molecular complexity index is 1300. The van der Waals surface area contributed by atoms with Gasteiger partial charge in [-0.15, -0.1) is 0 Å². The smallest absolute Gasteiger partial charge is 0.261 e. The number of benzene rings is 3. The third-order valence-electron chi connectivity index (χ3n) is 4.91. The molecule has 0 unspecified atom stereocenters. The maximum absolute atomic E-state index is 13.2. The molecule has 4 rings (SSSR count). The molecule has 0 fully saturated rings. The molecule has 1 amide bonds. The predicted octanol–water partition coefficient (Wildman–Crippen LogP) is 5.93. The molecular weight excluding hydrogens is 388 g/mol. The summed E-state index contributed by atoms with van der Waals surface area (Å²) >= 11 is 0. The first kappa shape index (κ1) is 20.4. The van der Waals surface area contributed by atoms with Crippen molar-refractivity contribution in [1.29, 1.82) is 0 Å². The van der Waals surface area contributed by atoms with Crippen molar-refractivity contribution in [3.8, 4) is 5.75 Å². The van der Waals surface area contributed by atoms with Crippen molar-refractivity contribution in [2.24, 2.45) is 4.99 Å². The Morgan fingerprint density at radius 1 is 1.00 bits per heavy atom. The molecule has 0 aliphatic heterocycles. The van der Waals surface area contributed by atoms with Crippen LogP contribution in [0.5, 0.6) is 5.75 Å². The van der Waals surface area contributed by atoms with Crippen LogP contribution in [0.3, 0.4) is 0 Å². The number of fused-ring (bicyclic) bond motifs is 1. The molecular formula is C26H24N2O3. The van der Waals surface area contributed by atoms with Gasteiger partial charge >= 0.3 is 0 Å². The Kier molecular flexibility index (Phi) is 5.85. The summed E-state index contributed by atoms with van der Waals surface area (Å²) < 4.78 is 11.5. The highest BCUT2D eigenvalue weighted by Gasteiger charge is 2.14. The zero-order valence-electron chi connectivity index (χ0n) is 17.8. The van der Waals surface area contributed by atoms with E-state index in [1.54, 1.807) is 0 Å². The molecule has 1 heterocycles. The quantitative estimate of drug-likeness (QED) is 0.442. The number of para-hydroxylation sites is 1. The minimum atomic E-state index is -0.272. The molecule has 0 atom stereocenters. The summed E-state index contributed by atoms with van der Waals surface area (Å²) in [5.41, 5.74) is 4.85. The van der Waals surface area contributed by atoms with E-state index in [4.69, 9.17) is 9.15 Å². The third-order valence-corrected chi connectivity index (χ3v) is 4.91. The minimum absolute atomic E-state index is 0.255. The van der Waals surface area contributed by atoms with Gasteiger partial charge in [0, 0.05) is 11.1 Å². The van der Waals surface area contributed by atoms with Gasteiger partial charge in [0.25, 0.3) is 5.91 Å². The second-order valence-electron chi connectivity index (χ2n) is 7.31. The first-order valence-corrected chi connectivity index (χ1v) is 10.2. The molecule has 0 aliphatic rings. The lowest BCUT2D eigenvalue weighted by molar-refractivity contribution is 0.102. The highest BCUT2D eigenvalue weighted by atomic mass is 16.5. The van der Waals surface area contributed by atoms with Crippen LogP contribution in [-0.2, 0) is 0 Å². The van der Waals surface area contributed by atoms with Gasteiger partial charge in [0.05, 0.1) is 12.3 Å². The second-order valence-corrected chi connectivity index (χ2v) is 7.31. The summed E-state index contributed by atoms with van der Waals surface area (Å²) in [6.07, 6.45) is 0. The standard InChI is InChI=1S/C26H24N2O3/c1-4-30-21-12-10-20(11-13-21)27-26-22(16-19-7-5-6-8-24(19)31-26)25(29)28-23-14-9-17(2)15-18(23)3/h5-16H,4H2,1-3H3,(H,28,29). The Morgan fingerprint density at radius 2 is 1.77 bits per heavy atom. The first-order valence-electron chi connectivity index (χ1n) is 10.2. The lowest BCUT2D eigenvalue weighted by Crippen LogP contribution is -2.22. The monoisotopic (exact) mass is 412 g/mol. The van der Waals surface area contributed by atoms with Crippen molar-refractivity contribution in [3.63, 3.8) is 0 Å². The number of nitrogens with zero attached hydrogens (tertiary/aromatic N) is 1. The number of hydrogen-bond acceptors (Lipinski definition) is 4. The molecule has 5 heteroatoms. The number of hydrogen-bond donors (Lipinski definition) is 1. The first-order chi connectivity index (χ1) is 15.0. The van der Waals surface area contributed by atoms with Crippen molar-refractivity contribution < 1.29 is 13.9 Å². The zero-order valence-corrected chi connectivity index (χ0v) is 17.8. The van der Waals surface area contributed by atoms with Crippen molar-refractivity contribution in [2.45, 2.75) is 20.8 Å². The van der Waals surface area contributed by atoms with Crippen LogP contribution >= 0.6 is 0 Å². The molecule has 0 radical (unpaired) electrons. The highest BCUT2D eigenvalue weighted by Crippen LogP contribution is 2.20. The molecule has 1 aromatic heterocycles. The summed E-state index contributed by atoms with van der Waals surface area (Å²) in [5.74, 6) is 0.496. The average molecular weight is 412 g/mol. The van der Waals surface area contributed by atoms with E-state index >= 15 is 0 Å². The molecule has 0 aliphatic carbocycles. The Balaban J connectivity index is 1.78. The number of carbonyl (C=O) groups is 1. The summed E-state index contributed by atoms with van der Waals surface area (Å²) in [4.78, 5) is 17.8. The number of aryl methyl sites for hydroxylation is 2. The molecule has 4 aromatic rings. The van der Waals surface area contributed by atoms with Crippen molar-refractivity contribution in [1.82, 2.24) is 0 Å². The Labute approximate surface area is 181 Å². The van der Waals surface area contributed by atoms with Crippen LogP contribution in [0.15, 0.2) is 82.2 Å². The van der Waals surface area contributed by atoms with E-state index in [1.165, 1.54) is 0 Å². The van der Waals surface area contributed by atoms with Gasteiger partial charge in [-0.25, -0.2) is 4.99 Å². The summed E-state index contributed by atoms with van der Waals surface area (Å²) in [6, 6.07) is 22.7. The lowest BCUT2D eigenvalue weighted by Gasteiger charge is -2.10. The summed E-state index contributed by atoms with van der Waals surface area (Å²) in [7, 11) is 0. The molecule has 0 bridgehead atoms. The minimum Gasteiger partial charge on any atom is -0.494 e. The van der Waals surface area contributed by atoms with Crippen LogP contribution in [0.25, 0.3) is 11.0 Å². The van der Waals surface area contributed by atoms with Crippen LogP contribution in [0.4, 0.5) is 11.4 Å². The largest absolute Gasteiger partial charge is 0.494 e. The number of ether oxygens (including phenoxy) is 1. The van der Waals surface area contributed by atoms with E-state index in [2.05, 4.69) is 10.3 Å². The molecule has 0 spiro atoms. The van der Waals surface area contributed by atoms with Gasteiger partial charge in [-0.05, 0) is 68.8 Å². The normalized spacial score (nSPS) is 11.5. The van der Waals surface area contributed by atoms with Crippen LogP contribution in [-0.4, -0.2) is 12.5 Å². The van der Waals surface area contributed by atoms with Crippen LogP contribution in [0.1, 0.15) is 28.4 Å². The molecule has 156 valence electrons. The Hall–Kier alpha value is -3.86. The van der Waals surface area contributed by atoms with Gasteiger partial charge in [-0.2, -0.15) is 0 Å². The molecule has 3 aromatic carbocycles. The number of rotatable bonds is 5. The summed E-state index contributed by atoms with van der Waals surface area (Å²) in [5, 5.41) is 3.82.